The number of rotatable bonds is 8. The highest BCUT2D eigenvalue weighted by molar-refractivity contribution is 7.46. The summed E-state index contributed by atoms with van der Waals surface area (Å²) in [5, 5.41) is 10.2. The van der Waals surface area contributed by atoms with Gasteiger partial charge in [0, 0.05) is 5.56 Å². The first-order valence-electron chi connectivity index (χ1n) is 7.87. The number of phosphoric ester groups is 1. The molecular weight excluding hydrogens is 391 g/mol. The SMILES string of the molecule is COc1ccc(C=Cc2cc(OC)c(OC)c(OC)c2)c(OP(=O)(O)O)c1O. The van der Waals surface area contributed by atoms with Crippen LogP contribution in [-0.4, -0.2) is 43.3 Å². The van der Waals surface area contributed by atoms with E-state index in [1.807, 2.05) is 0 Å². The number of aromatic hydroxyl groups is 1. The third-order valence-electron chi connectivity index (χ3n) is 3.70. The van der Waals surface area contributed by atoms with E-state index in [1.54, 1.807) is 18.2 Å². The Kier molecular flexibility index (Phi) is 6.80. The third-order valence-corrected chi connectivity index (χ3v) is 4.12. The number of methoxy groups -OCH3 is 4. The van der Waals surface area contributed by atoms with Crippen molar-refractivity contribution >= 4 is 20.0 Å². The predicted molar refractivity (Wildman–Crippen MR) is 102 cm³/mol. The van der Waals surface area contributed by atoms with Crippen LogP contribution in [0.2, 0.25) is 0 Å². The first-order valence-corrected chi connectivity index (χ1v) is 9.40. The van der Waals surface area contributed by atoms with Gasteiger partial charge in [0.05, 0.1) is 28.4 Å². The highest BCUT2D eigenvalue weighted by Gasteiger charge is 2.23. The molecule has 0 aliphatic heterocycles. The molecule has 0 fully saturated rings. The quantitative estimate of drug-likeness (QED) is 0.443. The molecule has 0 amide bonds. The Morgan fingerprint density at radius 2 is 1.39 bits per heavy atom. The van der Waals surface area contributed by atoms with Crippen LogP contribution in [0, 0.1) is 0 Å². The molecular formula is C18H21O9P. The minimum Gasteiger partial charge on any atom is -0.502 e. The van der Waals surface area contributed by atoms with E-state index in [0.29, 0.717) is 22.8 Å². The van der Waals surface area contributed by atoms with E-state index in [1.165, 1.54) is 46.6 Å². The van der Waals surface area contributed by atoms with Crippen molar-refractivity contribution in [3.8, 4) is 34.5 Å². The van der Waals surface area contributed by atoms with Crippen LogP contribution in [-0.2, 0) is 4.57 Å². The molecule has 0 spiro atoms. The van der Waals surface area contributed by atoms with Crippen LogP contribution in [0.1, 0.15) is 11.1 Å². The molecule has 9 nitrogen and oxygen atoms in total. The van der Waals surface area contributed by atoms with Crippen molar-refractivity contribution in [1.29, 1.82) is 0 Å². The molecule has 2 rings (SSSR count). The number of ether oxygens (including phenoxy) is 4. The van der Waals surface area contributed by atoms with Crippen LogP contribution in [0.25, 0.3) is 12.2 Å². The van der Waals surface area contributed by atoms with Crippen LogP contribution in [0.4, 0.5) is 0 Å². The van der Waals surface area contributed by atoms with E-state index in [0.717, 1.165) is 0 Å². The summed E-state index contributed by atoms with van der Waals surface area (Å²) in [6.45, 7) is 0. The normalized spacial score (nSPS) is 11.4. The lowest BCUT2D eigenvalue weighted by atomic mass is 10.1. The van der Waals surface area contributed by atoms with Gasteiger partial charge in [0.15, 0.2) is 23.0 Å². The van der Waals surface area contributed by atoms with Gasteiger partial charge in [0.1, 0.15) is 0 Å². The van der Waals surface area contributed by atoms with Gasteiger partial charge in [-0.1, -0.05) is 12.2 Å². The molecule has 28 heavy (non-hydrogen) atoms. The Morgan fingerprint density at radius 3 is 1.86 bits per heavy atom. The van der Waals surface area contributed by atoms with Gasteiger partial charge in [-0.15, -0.1) is 0 Å². The molecule has 0 unspecified atom stereocenters. The lowest BCUT2D eigenvalue weighted by Crippen LogP contribution is -1.96. The van der Waals surface area contributed by atoms with Crippen molar-refractivity contribution in [1.82, 2.24) is 0 Å². The number of hydrogen-bond acceptors (Lipinski definition) is 7. The summed E-state index contributed by atoms with van der Waals surface area (Å²) in [7, 11) is 0.854. The topological polar surface area (TPSA) is 124 Å². The van der Waals surface area contributed by atoms with E-state index in [-0.39, 0.29) is 11.3 Å². The maximum Gasteiger partial charge on any atom is 0.524 e. The summed E-state index contributed by atoms with van der Waals surface area (Å²) in [4.78, 5) is 18.3. The summed E-state index contributed by atoms with van der Waals surface area (Å²) in [6.07, 6.45) is 3.13. The fourth-order valence-electron chi connectivity index (χ4n) is 2.46. The lowest BCUT2D eigenvalue weighted by molar-refractivity contribution is 0.275. The van der Waals surface area contributed by atoms with Crippen molar-refractivity contribution in [2.75, 3.05) is 28.4 Å². The van der Waals surface area contributed by atoms with Gasteiger partial charge >= 0.3 is 7.82 Å². The molecule has 0 aromatic heterocycles. The second kappa shape index (κ2) is 8.88. The number of hydrogen-bond donors (Lipinski definition) is 3. The van der Waals surface area contributed by atoms with Gasteiger partial charge in [-0.25, -0.2) is 4.57 Å². The molecule has 10 heteroatoms. The van der Waals surface area contributed by atoms with E-state index in [4.69, 9.17) is 28.7 Å². The average Bonchev–Trinajstić information content (AvgIpc) is 2.66. The number of phosphoric acid groups is 1. The smallest absolute Gasteiger partial charge is 0.502 e. The van der Waals surface area contributed by atoms with E-state index in [9.17, 15) is 9.67 Å². The summed E-state index contributed by atoms with van der Waals surface area (Å²) in [5.74, 6) is 0.369. The summed E-state index contributed by atoms with van der Waals surface area (Å²) < 4.78 is 36.7. The Hall–Kier alpha value is -2.87. The summed E-state index contributed by atoms with van der Waals surface area (Å²) >= 11 is 0. The van der Waals surface area contributed by atoms with Gasteiger partial charge in [0.25, 0.3) is 0 Å². The Balaban J connectivity index is 2.52. The maximum atomic E-state index is 11.3. The number of benzene rings is 2. The molecule has 152 valence electrons. The highest BCUT2D eigenvalue weighted by Crippen LogP contribution is 2.47. The zero-order valence-corrected chi connectivity index (χ0v) is 16.6. The molecule has 0 saturated heterocycles. The van der Waals surface area contributed by atoms with Gasteiger partial charge in [-0.05, 0) is 29.8 Å². The minimum absolute atomic E-state index is 0.00776. The average molecular weight is 412 g/mol. The number of phenols is 1. The largest absolute Gasteiger partial charge is 0.524 e. The monoisotopic (exact) mass is 412 g/mol. The lowest BCUT2D eigenvalue weighted by Gasteiger charge is -2.14. The molecule has 3 N–H and O–H groups in total. The van der Waals surface area contributed by atoms with E-state index < -0.39 is 19.3 Å². The molecule has 0 bridgehead atoms. The van der Waals surface area contributed by atoms with Crippen LogP contribution >= 0.6 is 7.82 Å². The first kappa shape index (κ1) is 21.4. The highest BCUT2D eigenvalue weighted by atomic mass is 31.2. The van der Waals surface area contributed by atoms with Gasteiger partial charge in [0.2, 0.25) is 11.5 Å². The van der Waals surface area contributed by atoms with Gasteiger partial charge in [-0.2, -0.15) is 0 Å². The standard InChI is InChI=1S/C18H21O9P/c1-23-13-8-7-12(17(16(13)19)27-28(20,21)22)6-5-11-9-14(24-2)18(26-4)15(10-11)25-3/h5-10,19H,1-4H3,(H2,20,21,22). The van der Waals surface area contributed by atoms with Crippen molar-refractivity contribution < 1.29 is 42.9 Å². The second-order valence-electron chi connectivity index (χ2n) is 5.41. The van der Waals surface area contributed by atoms with Crippen molar-refractivity contribution in [2.24, 2.45) is 0 Å². The Labute approximate surface area is 161 Å². The fourth-order valence-corrected chi connectivity index (χ4v) is 2.89. The van der Waals surface area contributed by atoms with Crippen LogP contribution in [0.5, 0.6) is 34.5 Å². The molecule has 2 aromatic rings. The second-order valence-corrected chi connectivity index (χ2v) is 6.57. The van der Waals surface area contributed by atoms with E-state index in [2.05, 4.69) is 4.52 Å². The zero-order chi connectivity index (χ0) is 20.9. The van der Waals surface area contributed by atoms with Crippen LogP contribution in [0.15, 0.2) is 24.3 Å². The van der Waals surface area contributed by atoms with Crippen molar-refractivity contribution in [3.63, 3.8) is 0 Å². The fraction of sp³-hybridized carbons (Fsp3) is 0.222. The number of phenolic OH excluding ortho intramolecular Hbond substituents is 1. The van der Waals surface area contributed by atoms with Crippen LogP contribution in [0.3, 0.4) is 0 Å². The Morgan fingerprint density at radius 1 is 0.821 bits per heavy atom. The summed E-state index contributed by atoms with van der Waals surface area (Å²) in [5.41, 5.74) is 0.863. The Bertz CT molecular complexity index is 893. The zero-order valence-electron chi connectivity index (χ0n) is 15.7. The molecule has 2 aromatic carbocycles. The molecule has 0 aliphatic rings. The van der Waals surface area contributed by atoms with E-state index >= 15 is 0 Å². The van der Waals surface area contributed by atoms with Crippen molar-refractivity contribution in [3.05, 3.63) is 35.4 Å². The summed E-state index contributed by atoms with van der Waals surface area (Å²) in [6, 6.07) is 6.30. The maximum absolute atomic E-state index is 11.3. The predicted octanol–water partition coefficient (Wildman–Crippen LogP) is 3.07. The van der Waals surface area contributed by atoms with Gasteiger partial charge in [-0.3, -0.25) is 9.79 Å². The minimum atomic E-state index is -4.91. The molecule has 0 atom stereocenters. The molecule has 0 saturated carbocycles. The first-order chi connectivity index (χ1) is 13.2. The third kappa shape index (κ3) is 4.89. The molecule has 0 aliphatic carbocycles. The van der Waals surface area contributed by atoms with Gasteiger partial charge < -0.3 is 28.6 Å². The van der Waals surface area contributed by atoms with Crippen molar-refractivity contribution in [2.45, 2.75) is 0 Å². The van der Waals surface area contributed by atoms with Crippen LogP contribution < -0.4 is 23.5 Å². The molecule has 0 heterocycles. The molecule has 0 radical (unpaired) electrons.